The summed E-state index contributed by atoms with van der Waals surface area (Å²) in [6.45, 7) is 5.81. The van der Waals surface area contributed by atoms with Gasteiger partial charge in [0.1, 0.15) is 5.76 Å². The van der Waals surface area contributed by atoms with E-state index < -0.39 is 5.97 Å². The predicted molar refractivity (Wildman–Crippen MR) is 71.3 cm³/mol. The van der Waals surface area contributed by atoms with E-state index in [9.17, 15) is 9.59 Å². The Hall–Kier alpha value is -1.78. The lowest BCUT2D eigenvalue weighted by Gasteiger charge is -2.24. The van der Waals surface area contributed by atoms with Gasteiger partial charge < -0.3 is 14.2 Å². The number of carbonyl (C=O) groups excluding carboxylic acids is 2. The van der Waals surface area contributed by atoms with Crippen LogP contribution in [0.1, 0.15) is 33.6 Å². The van der Waals surface area contributed by atoms with E-state index in [0.29, 0.717) is 30.5 Å². The maximum atomic E-state index is 12.0. The van der Waals surface area contributed by atoms with Gasteiger partial charge in [-0.2, -0.15) is 0 Å². The molecule has 0 aromatic carbocycles. The van der Waals surface area contributed by atoms with Crippen molar-refractivity contribution >= 4 is 11.9 Å². The maximum Gasteiger partial charge on any atom is 0.373 e. The minimum atomic E-state index is -0.486. The Morgan fingerprint density at radius 1 is 1.20 bits per heavy atom. The highest BCUT2D eigenvalue weighted by Crippen LogP contribution is 2.45. The molecule has 1 unspecified atom stereocenters. The molecule has 0 radical (unpaired) electrons. The summed E-state index contributed by atoms with van der Waals surface area (Å²) in [6.07, 6.45) is 3.80. The highest BCUT2D eigenvalue weighted by Gasteiger charge is 2.40. The summed E-state index contributed by atoms with van der Waals surface area (Å²) < 4.78 is 15.5. The molecule has 0 N–H and O–H groups in total. The van der Waals surface area contributed by atoms with Gasteiger partial charge in [0, 0.05) is 5.92 Å². The highest BCUT2D eigenvalue weighted by molar-refractivity contribution is 5.93. The molecule has 0 bridgehead atoms. The number of rotatable bonds is 5. The van der Waals surface area contributed by atoms with Crippen LogP contribution in [-0.4, -0.2) is 25.2 Å². The van der Waals surface area contributed by atoms with Crippen LogP contribution in [0.2, 0.25) is 0 Å². The molecule has 2 aliphatic rings. The van der Waals surface area contributed by atoms with Crippen LogP contribution < -0.4 is 0 Å². The van der Waals surface area contributed by atoms with Crippen LogP contribution in [0.3, 0.4) is 0 Å². The van der Waals surface area contributed by atoms with E-state index in [1.807, 2.05) is 0 Å². The summed E-state index contributed by atoms with van der Waals surface area (Å²) in [6, 6.07) is 0. The number of hydrogen-bond acceptors (Lipinski definition) is 5. The lowest BCUT2D eigenvalue weighted by atomic mass is 9.90. The van der Waals surface area contributed by atoms with Crippen molar-refractivity contribution in [1.82, 2.24) is 0 Å². The third kappa shape index (κ3) is 3.03. The third-order valence-electron chi connectivity index (χ3n) is 3.41. The Morgan fingerprint density at radius 2 is 1.80 bits per heavy atom. The van der Waals surface area contributed by atoms with E-state index in [4.69, 9.17) is 14.2 Å². The topological polar surface area (TPSA) is 61.8 Å². The molecule has 1 aliphatic heterocycles. The first kappa shape index (κ1) is 14.6. The molecule has 0 aromatic heterocycles. The van der Waals surface area contributed by atoms with Crippen molar-refractivity contribution in [2.45, 2.75) is 33.6 Å². The molecule has 5 heteroatoms. The summed E-state index contributed by atoms with van der Waals surface area (Å²) in [7, 11) is 0. The molecule has 1 saturated carbocycles. The largest absolute Gasteiger partial charge is 0.463 e. The van der Waals surface area contributed by atoms with Crippen LogP contribution in [-0.2, 0) is 23.8 Å². The van der Waals surface area contributed by atoms with Crippen LogP contribution in [0.5, 0.6) is 0 Å². The lowest BCUT2D eigenvalue weighted by molar-refractivity contribution is -0.143. The van der Waals surface area contributed by atoms with Crippen molar-refractivity contribution in [2.75, 3.05) is 13.2 Å². The molecular weight excluding hydrogens is 260 g/mol. The molecule has 110 valence electrons. The monoisotopic (exact) mass is 280 g/mol. The zero-order chi connectivity index (χ0) is 14.7. The molecule has 1 atom stereocenters. The predicted octanol–water partition coefficient (Wildman–Crippen LogP) is 2.33. The van der Waals surface area contributed by atoms with Crippen LogP contribution in [0, 0.1) is 11.8 Å². The Morgan fingerprint density at radius 3 is 2.35 bits per heavy atom. The minimum absolute atomic E-state index is 0.109. The molecule has 5 nitrogen and oxygen atoms in total. The smallest absolute Gasteiger partial charge is 0.373 e. The lowest BCUT2D eigenvalue weighted by Crippen LogP contribution is -2.24. The fourth-order valence-electron chi connectivity index (χ4n) is 2.36. The number of hydrogen-bond donors (Lipinski definition) is 0. The molecular formula is C15H20O5. The van der Waals surface area contributed by atoms with E-state index in [1.165, 1.54) is 0 Å². The van der Waals surface area contributed by atoms with Crippen molar-refractivity contribution in [3.8, 4) is 0 Å². The summed E-state index contributed by atoms with van der Waals surface area (Å²) in [5.74, 6) is 0.0431. The molecule has 0 aromatic rings. The second-order valence-corrected chi connectivity index (χ2v) is 4.91. The van der Waals surface area contributed by atoms with Gasteiger partial charge in [-0.25, -0.2) is 9.59 Å². The van der Waals surface area contributed by atoms with Crippen molar-refractivity contribution in [2.24, 2.45) is 11.8 Å². The van der Waals surface area contributed by atoms with Gasteiger partial charge >= 0.3 is 11.9 Å². The van der Waals surface area contributed by atoms with Crippen molar-refractivity contribution in [1.29, 1.82) is 0 Å². The van der Waals surface area contributed by atoms with Crippen LogP contribution in [0.15, 0.2) is 23.2 Å². The maximum absolute atomic E-state index is 12.0. The number of allylic oxidation sites excluding steroid dienone is 2. The number of esters is 2. The van der Waals surface area contributed by atoms with Gasteiger partial charge in [-0.1, -0.05) is 0 Å². The fourth-order valence-corrected chi connectivity index (χ4v) is 2.36. The first-order chi connectivity index (χ1) is 9.58. The molecule has 1 fully saturated rings. The SMILES string of the molecule is CCOC(=O)C1=CC(C2CC2)C(C(=O)OCC)=C(C)O1. The van der Waals surface area contributed by atoms with Gasteiger partial charge in [-0.15, -0.1) is 0 Å². The third-order valence-corrected chi connectivity index (χ3v) is 3.41. The van der Waals surface area contributed by atoms with Crippen LogP contribution in [0.25, 0.3) is 0 Å². The Kier molecular flexibility index (Phi) is 4.47. The number of carbonyl (C=O) groups is 2. The summed E-state index contributed by atoms with van der Waals surface area (Å²) in [5, 5.41) is 0. The second-order valence-electron chi connectivity index (χ2n) is 4.91. The van der Waals surface area contributed by atoms with E-state index in [2.05, 4.69) is 0 Å². The second kappa shape index (κ2) is 6.11. The van der Waals surface area contributed by atoms with Gasteiger partial charge in [0.05, 0.1) is 18.8 Å². The number of ether oxygens (including phenoxy) is 3. The van der Waals surface area contributed by atoms with E-state index in [-0.39, 0.29) is 17.6 Å². The minimum Gasteiger partial charge on any atom is -0.463 e. The van der Waals surface area contributed by atoms with Crippen molar-refractivity contribution in [3.63, 3.8) is 0 Å². The van der Waals surface area contributed by atoms with Crippen molar-refractivity contribution < 1.29 is 23.8 Å². The molecule has 20 heavy (non-hydrogen) atoms. The fraction of sp³-hybridized carbons (Fsp3) is 0.600. The summed E-state index contributed by atoms with van der Waals surface area (Å²) in [4.78, 5) is 23.8. The van der Waals surface area contributed by atoms with Gasteiger partial charge in [0.15, 0.2) is 0 Å². The molecule has 0 spiro atoms. The van der Waals surface area contributed by atoms with Gasteiger partial charge in [0.2, 0.25) is 5.76 Å². The summed E-state index contributed by atoms with van der Waals surface area (Å²) >= 11 is 0. The molecule has 0 amide bonds. The van der Waals surface area contributed by atoms with Crippen molar-refractivity contribution in [3.05, 3.63) is 23.2 Å². The average molecular weight is 280 g/mol. The quantitative estimate of drug-likeness (QED) is 0.723. The summed E-state index contributed by atoms with van der Waals surface area (Å²) in [5.41, 5.74) is 0.530. The van der Waals surface area contributed by atoms with E-state index in [1.54, 1.807) is 26.8 Å². The zero-order valence-electron chi connectivity index (χ0n) is 12.1. The van der Waals surface area contributed by atoms with Gasteiger partial charge in [-0.05, 0) is 45.6 Å². The standard InChI is InChI=1S/C15H20O5/c1-4-18-14(16)12-8-11(10-6-7-10)13(9(3)20-12)15(17)19-5-2/h8,10-11H,4-7H2,1-3H3. The average Bonchev–Trinajstić information content (AvgIpc) is 3.22. The van der Waals surface area contributed by atoms with Crippen LogP contribution >= 0.6 is 0 Å². The highest BCUT2D eigenvalue weighted by atomic mass is 16.6. The molecule has 1 aliphatic carbocycles. The van der Waals surface area contributed by atoms with E-state index >= 15 is 0 Å². The van der Waals surface area contributed by atoms with Crippen LogP contribution in [0.4, 0.5) is 0 Å². The molecule has 1 heterocycles. The Balaban J connectivity index is 2.24. The first-order valence-corrected chi connectivity index (χ1v) is 7.03. The van der Waals surface area contributed by atoms with Gasteiger partial charge in [0.25, 0.3) is 0 Å². The first-order valence-electron chi connectivity index (χ1n) is 7.03. The zero-order valence-corrected chi connectivity index (χ0v) is 12.1. The Labute approximate surface area is 118 Å². The van der Waals surface area contributed by atoms with E-state index in [0.717, 1.165) is 12.8 Å². The van der Waals surface area contributed by atoms with Gasteiger partial charge in [-0.3, -0.25) is 0 Å². The molecule has 0 saturated heterocycles. The normalized spacial score (nSPS) is 21.9. The Bertz CT molecular complexity index is 471. The molecule has 2 rings (SSSR count).